The van der Waals surface area contributed by atoms with Gasteiger partial charge in [0.25, 0.3) is 0 Å². The summed E-state index contributed by atoms with van der Waals surface area (Å²) in [4.78, 5) is 5.00. The highest BCUT2D eigenvalue weighted by Gasteiger charge is 2.16. The van der Waals surface area contributed by atoms with Crippen LogP contribution in [0.15, 0.2) is 170 Å². The van der Waals surface area contributed by atoms with E-state index in [4.69, 9.17) is 4.98 Å². The van der Waals surface area contributed by atoms with Gasteiger partial charge in [-0.15, -0.1) is 11.3 Å². The maximum Gasteiger partial charge on any atom is 0.138 e. The highest BCUT2D eigenvalue weighted by molar-refractivity contribution is 7.25. The predicted octanol–water partition coefficient (Wildman–Crippen LogP) is 13.4. The topological polar surface area (TPSA) is 17.8 Å². The van der Waals surface area contributed by atoms with Crippen LogP contribution >= 0.6 is 11.3 Å². The van der Waals surface area contributed by atoms with Gasteiger partial charge in [-0.2, -0.15) is 0 Å². The number of benzene rings is 7. The lowest BCUT2D eigenvalue weighted by Crippen LogP contribution is -1.96. The Morgan fingerprint density at radius 1 is 0.490 bits per heavy atom. The zero-order valence-electron chi connectivity index (χ0n) is 27.7. The van der Waals surface area contributed by atoms with Gasteiger partial charge >= 0.3 is 0 Å². The first-order valence-corrected chi connectivity index (χ1v) is 18.3. The Balaban J connectivity index is 0.981. The fraction of sp³-hybridized carbons (Fsp3) is 0.0208. The molecule has 0 saturated carbocycles. The maximum atomic E-state index is 5.00. The second-order valence-electron chi connectivity index (χ2n) is 13.5. The van der Waals surface area contributed by atoms with Gasteiger partial charge in [-0.25, -0.2) is 4.98 Å². The van der Waals surface area contributed by atoms with Gasteiger partial charge in [-0.3, -0.25) is 4.57 Å². The summed E-state index contributed by atoms with van der Waals surface area (Å²) in [5.74, 6) is 0.949. The average molecular weight is 667 g/mol. The van der Waals surface area contributed by atoms with E-state index in [2.05, 4.69) is 175 Å². The van der Waals surface area contributed by atoms with Crippen molar-refractivity contribution in [2.75, 3.05) is 0 Å². The lowest BCUT2D eigenvalue weighted by Gasteiger charge is -2.12. The Morgan fingerprint density at radius 2 is 1.06 bits per heavy atom. The van der Waals surface area contributed by atoms with E-state index in [1.165, 1.54) is 96.6 Å². The lowest BCUT2D eigenvalue weighted by atomic mass is 9.91. The fourth-order valence-corrected chi connectivity index (χ4v) is 9.34. The highest BCUT2D eigenvalue weighted by Crippen LogP contribution is 2.40. The van der Waals surface area contributed by atoms with Crippen molar-refractivity contribution in [1.29, 1.82) is 0 Å². The molecule has 3 heterocycles. The van der Waals surface area contributed by atoms with Crippen LogP contribution in [0.4, 0.5) is 0 Å². The van der Waals surface area contributed by atoms with Crippen molar-refractivity contribution in [3.63, 3.8) is 0 Å². The summed E-state index contributed by atoms with van der Waals surface area (Å²) in [6.07, 6.45) is 12.1. The minimum absolute atomic E-state index is 0.862. The summed E-state index contributed by atoms with van der Waals surface area (Å²) >= 11 is 1.82. The third-order valence-corrected chi connectivity index (χ3v) is 11.8. The van der Waals surface area contributed by atoms with Gasteiger partial charge in [0.1, 0.15) is 5.82 Å². The zero-order valence-corrected chi connectivity index (χ0v) is 28.5. The molecular formula is C48H30N2S. The van der Waals surface area contributed by atoms with Gasteiger partial charge in [-0.1, -0.05) is 127 Å². The van der Waals surface area contributed by atoms with Crippen molar-refractivity contribution in [2.45, 2.75) is 6.42 Å². The Morgan fingerprint density at radius 3 is 1.76 bits per heavy atom. The van der Waals surface area contributed by atoms with Gasteiger partial charge in [0.2, 0.25) is 0 Å². The predicted molar refractivity (Wildman–Crippen MR) is 220 cm³/mol. The second-order valence-corrected chi connectivity index (χ2v) is 14.6. The molecule has 0 bridgehead atoms. The van der Waals surface area contributed by atoms with Gasteiger partial charge in [0, 0.05) is 32.4 Å². The summed E-state index contributed by atoms with van der Waals surface area (Å²) in [6.45, 7) is 0. The molecule has 0 aliphatic heterocycles. The normalized spacial score (nSPS) is 13.6. The van der Waals surface area contributed by atoms with Crippen molar-refractivity contribution >= 4 is 96.8 Å². The van der Waals surface area contributed by atoms with Crippen molar-refractivity contribution in [3.05, 3.63) is 181 Å². The van der Waals surface area contributed by atoms with Crippen molar-refractivity contribution in [3.8, 4) is 5.82 Å². The molecule has 51 heavy (non-hydrogen) atoms. The number of hydrogen-bond donors (Lipinski definition) is 0. The summed E-state index contributed by atoms with van der Waals surface area (Å²) in [6, 6.07) is 51.1. The minimum Gasteiger partial charge on any atom is -0.294 e. The average Bonchev–Trinajstić information content (AvgIpc) is 3.61. The highest BCUT2D eigenvalue weighted by atomic mass is 32.1. The molecule has 0 saturated heterocycles. The Kier molecular flexibility index (Phi) is 6.22. The molecule has 1 aliphatic rings. The number of fused-ring (bicyclic) bond motifs is 12. The molecule has 3 aromatic heterocycles. The van der Waals surface area contributed by atoms with E-state index in [1.807, 2.05) is 11.3 Å². The van der Waals surface area contributed by atoms with Crippen LogP contribution in [0.3, 0.4) is 0 Å². The third kappa shape index (κ3) is 4.38. The maximum absolute atomic E-state index is 5.00. The van der Waals surface area contributed by atoms with Crippen LogP contribution in [0.1, 0.15) is 17.5 Å². The van der Waals surface area contributed by atoms with Gasteiger partial charge in [0.15, 0.2) is 0 Å². The summed E-state index contributed by atoms with van der Waals surface area (Å²) in [7, 11) is 0. The number of hydrogen-bond acceptors (Lipinski definition) is 2. The largest absolute Gasteiger partial charge is 0.294 e. The molecule has 0 unspecified atom stereocenters. The van der Waals surface area contributed by atoms with E-state index in [0.29, 0.717) is 0 Å². The molecule has 0 spiro atoms. The molecule has 1 aliphatic carbocycles. The molecule has 0 amide bonds. The third-order valence-electron chi connectivity index (χ3n) is 10.7. The molecule has 7 aromatic carbocycles. The molecule has 238 valence electrons. The molecule has 0 fully saturated rings. The number of pyridine rings is 1. The number of nitrogens with zero attached hydrogens (tertiary/aromatic N) is 2. The first-order chi connectivity index (χ1) is 25.3. The van der Waals surface area contributed by atoms with Crippen molar-refractivity contribution in [1.82, 2.24) is 9.55 Å². The second kappa shape index (κ2) is 11.1. The van der Waals surface area contributed by atoms with Crippen molar-refractivity contribution < 1.29 is 0 Å². The van der Waals surface area contributed by atoms with Crippen LogP contribution in [0.25, 0.3) is 91.3 Å². The van der Waals surface area contributed by atoms with E-state index in [1.54, 1.807) is 0 Å². The van der Waals surface area contributed by atoms with Crippen LogP contribution < -0.4 is 0 Å². The molecule has 11 rings (SSSR count). The number of aromatic nitrogens is 2. The quantitative estimate of drug-likeness (QED) is 0.172. The van der Waals surface area contributed by atoms with Crippen molar-refractivity contribution in [2.24, 2.45) is 0 Å². The summed E-state index contributed by atoms with van der Waals surface area (Å²) in [5.41, 5.74) is 7.43. The molecule has 3 heteroatoms. The number of rotatable bonds is 3. The summed E-state index contributed by atoms with van der Waals surface area (Å²) < 4.78 is 4.80. The standard InChI is InChI=1S/C48H30N2S/c1-2-14-36-34(12-1)35-13-3-4-15-37(35)41-26-32(22-24-38(36)41)30-10-9-11-31(21-20-30)33-23-25-46-42(27-33)43-28-48(49-29-47(43)51-46)50-44-18-7-5-16-39(44)40-17-6-8-19-45(40)50/h1-20,22-29H,21H2. The summed E-state index contributed by atoms with van der Waals surface area (Å²) in [5, 5.41) is 12.9. The van der Waals surface area contributed by atoms with E-state index in [9.17, 15) is 0 Å². The molecule has 0 radical (unpaired) electrons. The first-order valence-electron chi connectivity index (χ1n) is 17.5. The van der Waals surface area contributed by atoms with Crippen LogP contribution in [0.5, 0.6) is 0 Å². The van der Waals surface area contributed by atoms with E-state index < -0.39 is 0 Å². The smallest absolute Gasteiger partial charge is 0.138 e. The number of para-hydroxylation sites is 2. The molecule has 10 aromatic rings. The van der Waals surface area contributed by atoms with Gasteiger partial charge in [0.05, 0.1) is 15.7 Å². The van der Waals surface area contributed by atoms with E-state index in [-0.39, 0.29) is 0 Å². The van der Waals surface area contributed by atoms with Crippen LogP contribution in [0.2, 0.25) is 0 Å². The van der Waals surface area contributed by atoms with Gasteiger partial charge < -0.3 is 0 Å². The Hall–Kier alpha value is -6.29. The van der Waals surface area contributed by atoms with Crippen LogP contribution in [-0.2, 0) is 0 Å². The van der Waals surface area contributed by atoms with E-state index in [0.717, 1.165) is 12.2 Å². The zero-order chi connectivity index (χ0) is 33.5. The minimum atomic E-state index is 0.862. The molecular weight excluding hydrogens is 637 g/mol. The Labute approximate surface area is 298 Å². The SMILES string of the molecule is C1=CC(c2ccc3c4ccccc4c4ccccc4c3c2)=CCC(c2ccc3sc4cnc(-n5c6ccccc6c6ccccc65)cc4c3c2)=C1. The Bertz CT molecular complexity index is 3080. The number of allylic oxidation sites excluding steroid dienone is 6. The van der Waals surface area contributed by atoms with Gasteiger partial charge in [-0.05, 0) is 97.4 Å². The fourth-order valence-electron chi connectivity index (χ4n) is 8.30. The lowest BCUT2D eigenvalue weighted by molar-refractivity contribution is 1.09. The van der Waals surface area contributed by atoms with Crippen LogP contribution in [0, 0.1) is 0 Å². The van der Waals surface area contributed by atoms with Crippen LogP contribution in [-0.4, -0.2) is 9.55 Å². The molecule has 0 atom stereocenters. The first kappa shape index (κ1) is 28.5. The molecule has 2 nitrogen and oxygen atoms in total. The monoisotopic (exact) mass is 666 g/mol. The molecule has 0 N–H and O–H groups in total. The van der Waals surface area contributed by atoms with E-state index >= 15 is 0 Å². The number of thiophene rings is 1.